The molecule has 0 aliphatic carbocycles. The molecular formula is C26H34N4O4. The minimum Gasteiger partial charge on any atom is -0.457 e. The third kappa shape index (κ3) is 9.33. The van der Waals surface area contributed by atoms with Gasteiger partial charge in [0.05, 0.1) is 23.8 Å². The molecule has 0 aliphatic heterocycles. The van der Waals surface area contributed by atoms with E-state index in [0.717, 1.165) is 17.5 Å². The van der Waals surface area contributed by atoms with E-state index in [1.54, 1.807) is 45.3 Å². The van der Waals surface area contributed by atoms with Crippen LogP contribution >= 0.6 is 0 Å². The average molecular weight is 467 g/mol. The van der Waals surface area contributed by atoms with Crippen LogP contribution in [-0.2, 0) is 9.47 Å². The number of nitrogens with one attached hydrogen (secondary N) is 1. The van der Waals surface area contributed by atoms with E-state index in [9.17, 15) is 10.1 Å². The molecule has 8 heteroatoms. The van der Waals surface area contributed by atoms with Crippen molar-refractivity contribution < 1.29 is 19.0 Å². The summed E-state index contributed by atoms with van der Waals surface area (Å²) in [5.41, 5.74) is 2.11. The minimum absolute atomic E-state index is 0.286. The molecule has 34 heavy (non-hydrogen) atoms. The molecular weight excluding hydrogens is 432 g/mol. The monoisotopic (exact) mass is 466 g/mol. The largest absolute Gasteiger partial charge is 0.511 e. The SMILES string of the molecule is CC.CC/C=N\C(=NC)NC(c1cccc(C#N)c1)c1ccccc1OCOC(=O)OC(C)C. The van der Waals surface area contributed by atoms with Gasteiger partial charge in [-0.25, -0.2) is 9.79 Å². The predicted molar refractivity (Wildman–Crippen MR) is 134 cm³/mol. The Hall–Kier alpha value is -3.86. The van der Waals surface area contributed by atoms with Crippen LogP contribution in [0.25, 0.3) is 0 Å². The Bertz CT molecular complexity index is 996. The zero-order valence-corrected chi connectivity index (χ0v) is 20.7. The lowest BCUT2D eigenvalue weighted by Crippen LogP contribution is -2.29. The maximum Gasteiger partial charge on any atom is 0.511 e. The molecule has 0 fully saturated rings. The predicted octanol–water partition coefficient (Wildman–Crippen LogP) is 5.63. The van der Waals surface area contributed by atoms with Crippen molar-refractivity contribution in [3.63, 3.8) is 0 Å². The summed E-state index contributed by atoms with van der Waals surface area (Å²) in [7, 11) is 1.65. The van der Waals surface area contributed by atoms with Gasteiger partial charge >= 0.3 is 6.16 Å². The van der Waals surface area contributed by atoms with Crippen molar-refractivity contribution in [3.05, 3.63) is 65.2 Å². The smallest absolute Gasteiger partial charge is 0.457 e. The van der Waals surface area contributed by atoms with E-state index in [-0.39, 0.29) is 12.9 Å². The molecule has 0 aliphatic rings. The first kappa shape index (κ1) is 28.2. The molecule has 0 heterocycles. The second-order valence-corrected chi connectivity index (χ2v) is 6.94. The van der Waals surface area contributed by atoms with Gasteiger partial charge in [0.15, 0.2) is 0 Å². The van der Waals surface area contributed by atoms with Crippen LogP contribution in [0.2, 0.25) is 0 Å². The molecule has 0 saturated heterocycles. The van der Waals surface area contributed by atoms with Gasteiger partial charge in [0.2, 0.25) is 12.8 Å². The summed E-state index contributed by atoms with van der Waals surface area (Å²) in [5, 5.41) is 12.7. The Morgan fingerprint density at radius 3 is 2.56 bits per heavy atom. The minimum atomic E-state index is -0.803. The van der Waals surface area contributed by atoms with Gasteiger partial charge < -0.3 is 19.5 Å². The summed E-state index contributed by atoms with van der Waals surface area (Å²) in [6, 6.07) is 16.3. The molecule has 0 spiro atoms. The second-order valence-electron chi connectivity index (χ2n) is 6.94. The van der Waals surface area contributed by atoms with E-state index in [0.29, 0.717) is 17.3 Å². The van der Waals surface area contributed by atoms with Gasteiger partial charge in [-0.15, -0.1) is 0 Å². The Morgan fingerprint density at radius 2 is 1.91 bits per heavy atom. The maximum absolute atomic E-state index is 11.6. The molecule has 0 radical (unpaired) electrons. The summed E-state index contributed by atoms with van der Waals surface area (Å²) >= 11 is 0. The van der Waals surface area contributed by atoms with Gasteiger partial charge in [0, 0.05) is 18.8 Å². The lowest BCUT2D eigenvalue weighted by atomic mass is 9.96. The van der Waals surface area contributed by atoms with Crippen LogP contribution in [0, 0.1) is 11.3 Å². The molecule has 1 N–H and O–H groups in total. The van der Waals surface area contributed by atoms with Gasteiger partial charge in [-0.1, -0.05) is 51.1 Å². The van der Waals surface area contributed by atoms with E-state index >= 15 is 0 Å². The number of benzene rings is 2. The van der Waals surface area contributed by atoms with E-state index in [2.05, 4.69) is 21.4 Å². The van der Waals surface area contributed by atoms with Crippen molar-refractivity contribution in [1.82, 2.24) is 5.32 Å². The van der Waals surface area contributed by atoms with Crippen LogP contribution in [-0.4, -0.2) is 38.3 Å². The van der Waals surface area contributed by atoms with Gasteiger partial charge in [0.1, 0.15) is 5.75 Å². The number of carbonyl (C=O) groups excluding carboxylic acids is 1. The maximum atomic E-state index is 11.6. The third-order valence-electron chi connectivity index (χ3n) is 4.18. The number of para-hydroxylation sites is 1. The highest BCUT2D eigenvalue weighted by atomic mass is 16.8. The third-order valence-corrected chi connectivity index (χ3v) is 4.18. The first-order chi connectivity index (χ1) is 16.5. The molecule has 2 rings (SSSR count). The molecule has 8 nitrogen and oxygen atoms in total. The topological polar surface area (TPSA) is 105 Å². The molecule has 0 aromatic heterocycles. The van der Waals surface area contributed by atoms with Crippen LogP contribution < -0.4 is 10.1 Å². The number of hydrogen-bond acceptors (Lipinski definition) is 6. The summed E-state index contributed by atoms with van der Waals surface area (Å²) in [6.07, 6.45) is 1.43. The molecule has 182 valence electrons. The van der Waals surface area contributed by atoms with E-state index in [1.165, 1.54) is 0 Å². The first-order valence-electron chi connectivity index (χ1n) is 11.3. The van der Waals surface area contributed by atoms with Crippen molar-refractivity contribution in [2.75, 3.05) is 13.8 Å². The van der Waals surface area contributed by atoms with E-state index < -0.39 is 12.2 Å². The number of nitrogens with zero attached hydrogens (tertiary/aromatic N) is 3. The molecule has 0 saturated carbocycles. The molecule has 0 amide bonds. The van der Waals surface area contributed by atoms with Crippen LogP contribution in [0.15, 0.2) is 58.5 Å². The standard InChI is InChI=1S/C24H28N4O4.C2H6/c1-5-13-27-23(26-4)28-22(19-10-8-9-18(14-19)15-25)20-11-6-7-12-21(20)30-16-31-24(29)32-17(2)3;1-2/h6-14,17,22H,5,16H2,1-4H3,(H,26,28);1-2H3/b27-13-;. The van der Waals surface area contributed by atoms with E-state index in [4.69, 9.17) is 14.2 Å². The second kappa shape index (κ2) is 15.9. The molecule has 2 aromatic rings. The number of rotatable bonds is 8. The molecule has 2 aromatic carbocycles. The number of nitriles is 1. The van der Waals surface area contributed by atoms with Gasteiger partial charge in [-0.3, -0.25) is 4.99 Å². The Morgan fingerprint density at radius 1 is 1.18 bits per heavy atom. The normalized spacial score (nSPS) is 11.8. The number of carbonyl (C=O) groups is 1. The lowest BCUT2D eigenvalue weighted by molar-refractivity contribution is -0.00849. The lowest BCUT2D eigenvalue weighted by Gasteiger charge is -2.23. The number of guanidine groups is 1. The number of aliphatic imine (C=N–C) groups is 2. The Balaban J connectivity index is 0.00000281. The van der Waals surface area contributed by atoms with Crippen LogP contribution in [0.5, 0.6) is 5.75 Å². The van der Waals surface area contributed by atoms with Gasteiger partial charge in [-0.2, -0.15) is 5.26 Å². The number of ether oxygens (including phenoxy) is 3. The van der Waals surface area contributed by atoms with Crippen molar-refractivity contribution in [1.29, 1.82) is 5.26 Å². The Labute approximate surface area is 202 Å². The number of hydrogen-bond donors (Lipinski definition) is 1. The van der Waals surface area contributed by atoms with Crippen molar-refractivity contribution in [3.8, 4) is 11.8 Å². The summed E-state index contributed by atoms with van der Waals surface area (Å²) in [6.45, 7) is 9.14. The van der Waals surface area contributed by atoms with Crippen LogP contribution in [0.3, 0.4) is 0 Å². The van der Waals surface area contributed by atoms with Crippen molar-refractivity contribution >= 4 is 18.3 Å². The van der Waals surface area contributed by atoms with Gasteiger partial charge in [-0.05, 0) is 44.0 Å². The Kier molecular flexibility index (Phi) is 13.1. The quantitative estimate of drug-likeness (QED) is 0.234. The summed E-state index contributed by atoms with van der Waals surface area (Å²) in [5.74, 6) is 0.936. The average Bonchev–Trinajstić information content (AvgIpc) is 2.85. The van der Waals surface area contributed by atoms with Gasteiger partial charge in [0.25, 0.3) is 0 Å². The van der Waals surface area contributed by atoms with Crippen molar-refractivity contribution in [2.45, 2.75) is 53.2 Å². The highest BCUT2D eigenvalue weighted by Crippen LogP contribution is 2.31. The van der Waals surface area contributed by atoms with Crippen LogP contribution in [0.4, 0.5) is 4.79 Å². The fourth-order valence-corrected chi connectivity index (χ4v) is 2.81. The highest BCUT2D eigenvalue weighted by molar-refractivity contribution is 5.88. The summed E-state index contributed by atoms with van der Waals surface area (Å²) < 4.78 is 15.7. The molecule has 0 bridgehead atoms. The highest BCUT2D eigenvalue weighted by Gasteiger charge is 2.20. The molecule has 1 atom stereocenters. The molecule has 1 unspecified atom stereocenters. The fraction of sp³-hybridized carbons (Fsp3) is 0.385. The first-order valence-corrected chi connectivity index (χ1v) is 11.3. The van der Waals surface area contributed by atoms with E-state index in [1.807, 2.05) is 51.1 Å². The fourth-order valence-electron chi connectivity index (χ4n) is 2.81. The van der Waals surface area contributed by atoms with Crippen molar-refractivity contribution in [2.24, 2.45) is 9.98 Å². The zero-order chi connectivity index (χ0) is 25.3. The zero-order valence-electron chi connectivity index (χ0n) is 20.7. The van der Waals surface area contributed by atoms with Crippen LogP contribution in [0.1, 0.15) is 63.8 Å². The summed E-state index contributed by atoms with van der Waals surface area (Å²) in [4.78, 5) is 20.2.